The first-order chi connectivity index (χ1) is 21.4. The second-order valence-electron chi connectivity index (χ2n) is 17.0. The van der Waals surface area contributed by atoms with Crippen LogP contribution < -0.4 is 24.8 Å². The van der Waals surface area contributed by atoms with Crippen LogP contribution in [0.5, 0.6) is 0 Å². The van der Waals surface area contributed by atoms with E-state index in [9.17, 15) is 0 Å². The second-order valence-corrected chi connectivity index (χ2v) is 18.7. The van der Waals surface area contributed by atoms with Crippen LogP contribution >= 0.6 is 0 Å². The van der Waals surface area contributed by atoms with E-state index in [0.29, 0.717) is 0 Å². The Morgan fingerprint density at radius 2 is 1.15 bits per heavy atom. The standard InChI is InChI=1S/C31H37.C9H18.C5H5.2ClH.Zr/c1-28(2,3)26-16-30(7,8)24-12-18-11-19-13-25-23(15-21(19)20(18)14-22(24)26)27(29(4,5)6)17-31(25,9)10;1-3-5-7-9-8-6-4-2;1-2-4-5-3-1;;;/h11-17H,1-10H3;3-8H2,1-2H3;1-3H,4H2;2*1H;/q-1;;-1;;;+2/p-2. The maximum Gasteiger partial charge on any atom is -0.109 e. The Kier molecular flexibility index (Phi) is 14.9. The Bertz CT molecular complexity index is 1580. The summed E-state index contributed by atoms with van der Waals surface area (Å²) in [5.41, 5.74) is 9.28. The number of hydrogen-bond acceptors (Lipinski definition) is 0. The Morgan fingerprint density at radius 3 is 1.44 bits per heavy atom. The van der Waals surface area contributed by atoms with Crippen LogP contribution in [0.15, 0.2) is 60.7 Å². The van der Waals surface area contributed by atoms with Crippen LogP contribution in [-0.4, -0.2) is 3.21 Å². The summed E-state index contributed by atoms with van der Waals surface area (Å²) in [6, 6.07) is 12.3. The van der Waals surface area contributed by atoms with Gasteiger partial charge in [-0.05, 0) is 33.1 Å². The molecule has 6 rings (SSSR count). The number of fused-ring (bicyclic) bond motifs is 5. The molecule has 3 aromatic rings. The first-order valence-corrected chi connectivity index (χ1v) is 19.1. The van der Waals surface area contributed by atoms with Gasteiger partial charge in [-0.2, -0.15) is 6.08 Å². The Labute approximate surface area is 321 Å². The fourth-order valence-electron chi connectivity index (χ4n) is 7.14. The molecule has 0 bridgehead atoms. The molecule has 0 unspecified atom stereocenters. The molecule has 0 saturated heterocycles. The van der Waals surface area contributed by atoms with Crippen molar-refractivity contribution in [2.75, 3.05) is 0 Å². The minimum Gasteiger partial charge on any atom is -1.00 e. The van der Waals surface area contributed by atoms with Gasteiger partial charge in [0.15, 0.2) is 0 Å². The van der Waals surface area contributed by atoms with E-state index in [1.807, 2.05) is 12.2 Å². The van der Waals surface area contributed by atoms with Crippen LogP contribution in [0.1, 0.15) is 150 Å². The van der Waals surface area contributed by atoms with Crippen LogP contribution in [0.4, 0.5) is 0 Å². The van der Waals surface area contributed by atoms with Crippen molar-refractivity contribution >= 4 is 35.9 Å². The number of allylic oxidation sites excluding steroid dienone is 8. The number of halogens is 2. The predicted molar refractivity (Wildman–Crippen MR) is 204 cm³/mol. The summed E-state index contributed by atoms with van der Waals surface area (Å²) in [6.45, 7) is 28.0. The third-order valence-electron chi connectivity index (χ3n) is 9.83. The van der Waals surface area contributed by atoms with Gasteiger partial charge in [0.1, 0.15) is 0 Å². The van der Waals surface area contributed by atoms with Gasteiger partial charge < -0.3 is 24.8 Å². The molecule has 0 radical (unpaired) electrons. The zero-order valence-corrected chi connectivity index (χ0v) is 35.9. The molecule has 0 spiro atoms. The maximum atomic E-state index is 2.99. The molecule has 0 N–H and O–H groups in total. The molecular formula is C45H60Cl2Zr-2. The average molecular weight is 763 g/mol. The first kappa shape index (κ1) is 42.8. The minimum atomic E-state index is 0. The van der Waals surface area contributed by atoms with E-state index in [0.717, 1.165) is 6.42 Å². The molecule has 0 aliphatic heterocycles. The smallest absolute Gasteiger partial charge is 0.109 e. The molecule has 0 fully saturated rings. The van der Waals surface area contributed by atoms with Crippen molar-refractivity contribution in [1.29, 1.82) is 0 Å². The molecule has 0 aromatic heterocycles. The third kappa shape index (κ3) is 9.68. The molecule has 3 aromatic carbocycles. The van der Waals surface area contributed by atoms with Gasteiger partial charge in [-0.1, -0.05) is 105 Å². The largest absolute Gasteiger partial charge is 1.00 e. The summed E-state index contributed by atoms with van der Waals surface area (Å²) in [7, 11) is 0. The maximum absolute atomic E-state index is 2.99. The summed E-state index contributed by atoms with van der Waals surface area (Å²) in [5, 5.41) is 5.58. The predicted octanol–water partition coefficient (Wildman–Crippen LogP) is 7.55. The van der Waals surface area contributed by atoms with E-state index >= 15 is 0 Å². The molecule has 0 atom stereocenters. The van der Waals surface area contributed by atoms with E-state index in [2.05, 4.69) is 138 Å². The van der Waals surface area contributed by atoms with Gasteiger partial charge in [0.25, 0.3) is 0 Å². The first-order valence-electron chi connectivity index (χ1n) is 17.9. The number of unbranched alkanes of at least 4 members (excludes halogenated alkanes) is 2. The van der Waals surface area contributed by atoms with Crippen LogP contribution in [-0.2, 0) is 35.1 Å². The van der Waals surface area contributed by atoms with Gasteiger partial charge in [0.2, 0.25) is 0 Å². The zero-order valence-electron chi connectivity index (χ0n) is 32.0. The van der Waals surface area contributed by atoms with Crippen molar-refractivity contribution in [3.05, 3.63) is 89.0 Å². The molecule has 0 nitrogen and oxygen atoms in total. The summed E-state index contributed by atoms with van der Waals surface area (Å²) in [4.78, 5) is 0. The van der Waals surface area contributed by atoms with Crippen molar-refractivity contribution in [3.63, 3.8) is 0 Å². The fourth-order valence-corrected chi connectivity index (χ4v) is 8.01. The van der Waals surface area contributed by atoms with Crippen LogP contribution in [0.2, 0.25) is 0 Å². The molecule has 48 heavy (non-hydrogen) atoms. The minimum absolute atomic E-state index is 0. The van der Waals surface area contributed by atoms with E-state index in [4.69, 9.17) is 0 Å². The molecule has 0 amide bonds. The van der Waals surface area contributed by atoms with Gasteiger partial charge in [-0.3, -0.25) is 6.08 Å². The number of benzene rings is 2. The summed E-state index contributed by atoms with van der Waals surface area (Å²) < 4.78 is 1.79. The van der Waals surface area contributed by atoms with Gasteiger partial charge >= 0.3 is 79.8 Å². The van der Waals surface area contributed by atoms with Crippen molar-refractivity contribution < 1.29 is 49.0 Å². The van der Waals surface area contributed by atoms with E-state index in [-0.39, 0.29) is 46.5 Å². The molecular weight excluding hydrogens is 703 g/mol. The van der Waals surface area contributed by atoms with Crippen molar-refractivity contribution in [3.8, 4) is 0 Å². The molecule has 0 heterocycles. The Morgan fingerprint density at radius 1 is 0.729 bits per heavy atom. The molecule has 3 aliphatic rings. The monoisotopic (exact) mass is 760 g/mol. The van der Waals surface area contributed by atoms with E-state index in [1.54, 1.807) is 27.4 Å². The fraction of sp³-hybridized carbons (Fsp3) is 0.511. The average Bonchev–Trinajstić information content (AvgIpc) is 3.75. The number of hydrogen-bond donors (Lipinski definition) is 0. The SMILES string of the molecule is CC(C)(C)C1=CC(C)(C)c2cc3[cH-]c4cc5c(cc4c3cc21)C(C(C)(C)C)=CC5(C)C.CCCC[C](=[Zr+2])CCCC.[C-]1=CC=CC1.[Cl-].[Cl-]. The van der Waals surface area contributed by atoms with Gasteiger partial charge in [-0.15, -0.1) is 46.2 Å². The van der Waals surface area contributed by atoms with Crippen molar-refractivity contribution in [2.45, 2.75) is 139 Å². The third-order valence-corrected chi connectivity index (χ3v) is 11.1. The topological polar surface area (TPSA) is 0 Å². The molecule has 3 heteroatoms. The van der Waals surface area contributed by atoms with Gasteiger partial charge in [0.05, 0.1) is 0 Å². The van der Waals surface area contributed by atoms with E-state index < -0.39 is 0 Å². The van der Waals surface area contributed by atoms with Crippen molar-refractivity contribution in [1.82, 2.24) is 0 Å². The summed E-state index contributed by atoms with van der Waals surface area (Å²) in [6.07, 6.45) is 23.3. The summed E-state index contributed by atoms with van der Waals surface area (Å²) >= 11 is 1.67. The summed E-state index contributed by atoms with van der Waals surface area (Å²) in [5.74, 6) is 0. The van der Waals surface area contributed by atoms with Gasteiger partial charge in [-0.25, -0.2) is 12.2 Å². The van der Waals surface area contributed by atoms with Crippen LogP contribution in [0, 0.1) is 16.9 Å². The van der Waals surface area contributed by atoms with Crippen molar-refractivity contribution in [2.24, 2.45) is 10.8 Å². The van der Waals surface area contributed by atoms with E-state index in [1.165, 1.54) is 93.5 Å². The Hall–Kier alpha value is -1.40. The van der Waals surface area contributed by atoms with Gasteiger partial charge in [0, 0.05) is 10.8 Å². The molecule has 3 aliphatic carbocycles. The van der Waals surface area contributed by atoms with Crippen LogP contribution in [0.25, 0.3) is 32.7 Å². The quantitative estimate of drug-likeness (QED) is 0.228. The second kappa shape index (κ2) is 16.7. The number of rotatable bonds is 6. The molecule has 0 saturated carbocycles. The van der Waals surface area contributed by atoms with Crippen LogP contribution in [0.3, 0.4) is 0 Å². The zero-order chi connectivity index (χ0) is 34.1. The molecule has 260 valence electrons. The Balaban J connectivity index is 0.000000394. The normalized spacial score (nSPS) is 16.5.